The van der Waals surface area contributed by atoms with Crippen LogP contribution in [0.15, 0.2) is 23.1 Å². The molecule has 0 N–H and O–H groups in total. The Morgan fingerprint density at radius 2 is 2.00 bits per heavy atom. The predicted molar refractivity (Wildman–Crippen MR) is 84.2 cm³/mol. The molecule has 9 heteroatoms. The lowest BCUT2D eigenvalue weighted by Gasteiger charge is -2.16. The average Bonchev–Trinajstić information content (AvgIpc) is 3.20. The maximum atomic E-state index is 12.6. The summed E-state index contributed by atoms with van der Waals surface area (Å²) in [5.74, 6) is -1.46. The fourth-order valence-electron chi connectivity index (χ4n) is 2.68. The minimum absolute atomic E-state index is 0.0188. The van der Waals surface area contributed by atoms with E-state index in [4.69, 9.17) is 21.1 Å². The molecule has 1 atom stereocenters. The number of nitrogens with zero attached hydrogens (tertiary/aromatic N) is 1. The predicted octanol–water partition coefficient (Wildman–Crippen LogP) is 1.60. The molecule has 130 valence electrons. The summed E-state index contributed by atoms with van der Waals surface area (Å²) in [5.41, 5.74) is -0.0864. The molecule has 0 radical (unpaired) electrons. The van der Waals surface area contributed by atoms with Crippen LogP contribution in [0, 0.1) is 0 Å². The molecule has 2 fully saturated rings. The van der Waals surface area contributed by atoms with Crippen LogP contribution in [0.1, 0.15) is 29.6 Å². The molecule has 2 heterocycles. The van der Waals surface area contributed by atoms with E-state index in [1.54, 1.807) is 0 Å². The van der Waals surface area contributed by atoms with E-state index in [0.717, 1.165) is 12.8 Å². The van der Waals surface area contributed by atoms with Gasteiger partial charge in [0.05, 0.1) is 22.1 Å². The lowest BCUT2D eigenvalue weighted by Crippen LogP contribution is -2.28. The Balaban J connectivity index is 1.86. The van der Waals surface area contributed by atoms with Crippen LogP contribution in [0.5, 0.6) is 0 Å². The van der Waals surface area contributed by atoms with Crippen molar-refractivity contribution in [1.29, 1.82) is 0 Å². The smallest absolute Gasteiger partial charge is 0.347 e. The molecule has 0 spiro atoms. The number of hydrogen-bond acceptors (Lipinski definition) is 6. The molecule has 2 saturated heterocycles. The minimum Gasteiger partial charge on any atom is -0.463 e. The first-order valence-electron chi connectivity index (χ1n) is 7.57. The van der Waals surface area contributed by atoms with E-state index in [1.807, 2.05) is 0 Å². The molecule has 0 bridgehead atoms. The van der Waals surface area contributed by atoms with E-state index in [1.165, 1.54) is 22.5 Å². The zero-order chi connectivity index (χ0) is 17.3. The van der Waals surface area contributed by atoms with E-state index < -0.39 is 28.1 Å². The molecule has 0 unspecified atom stereocenters. The Morgan fingerprint density at radius 3 is 2.62 bits per heavy atom. The molecule has 0 aromatic heterocycles. The lowest BCUT2D eigenvalue weighted by atomic mass is 10.2. The van der Waals surface area contributed by atoms with Crippen LogP contribution in [-0.2, 0) is 24.3 Å². The van der Waals surface area contributed by atoms with Gasteiger partial charge in [-0.05, 0) is 31.0 Å². The van der Waals surface area contributed by atoms with Crippen LogP contribution in [0.25, 0.3) is 0 Å². The summed E-state index contributed by atoms with van der Waals surface area (Å²) in [6, 6.07) is 3.89. The standard InChI is InChI=1S/C15H16ClNO6S/c16-12-4-3-10(24(20,21)17-6-1-2-7-17)9-11(12)14(18)23-13-5-8-22-15(13)19/h3-4,9,13H,1-2,5-8H2/t13-/m1/s1. The molecule has 3 rings (SSSR count). The Bertz CT molecular complexity index is 772. The summed E-state index contributed by atoms with van der Waals surface area (Å²) < 4.78 is 36.3. The van der Waals surface area contributed by atoms with Gasteiger partial charge in [0, 0.05) is 19.5 Å². The van der Waals surface area contributed by atoms with Crippen LogP contribution < -0.4 is 0 Å². The van der Waals surface area contributed by atoms with Crippen LogP contribution in [0.3, 0.4) is 0 Å². The van der Waals surface area contributed by atoms with Gasteiger partial charge < -0.3 is 9.47 Å². The van der Waals surface area contributed by atoms with Crippen molar-refractivity contribution in [2.24, 2.45) is 0 Å². The minimum atomic E-state index is -3.67. The molecule has 0 amide bonds. The fourth-order valence-corrected chi connectivity index (χ4v) is 4.41. The number of carbonyl (C=O) groups excluding carboxylic acids is 2. The molecule has 1 aromatic rings. The van der Waals surface area contributed by atoms with Gasteiger partial charge in [0.25, 0.3) is 0 Å². The Labute approximate surface area is 144 Å². The van der Waals surface area contributed by atoms with Gasteiger partial charge in [0.15, 0.2) is 0 Å². The van der Waals surface area contributed by atoms with Gasteiger partial charge in [-0.25, -0.2) is 18.0 Å². The molecule has 7 nitrogen and oxygen atoms in total. The highest BCUT2D eigenvalue weighted by Gasteiger charge is 2.32. The maximum Gasteiger partial charge on any atom is 0.347 e. The Morgan fingerprint density at radius 1 is 1.29 bits per heavy atom. The number of rotatable bonds is 4. The Kier molecular flexibility index (Phi) is 4.80. The number of sulfonamides is 1. The monoisotopic (exact) mass is 373 g/mol. The lowest BCUT2D eigenvalue weighted by molar-refractivity contribution is -0.145. The zero-order valence-electron chi connectivity index (χ0n) is 12.7. The summed E-state index contributed by atoms with van der Waals surface area (Å²) in [5, 5.41) is 0.0618. The highest BCUT2D eigenvalue weighted by Crippen LogP contribution is 2.26. The molecule has 24 heavy (non-hydrogen) atoms. The fraction of sp³-hybridized carbons (Fsp3) is 0.467. The molecule has 1 aromatic carbocycles. The van der Waals surface area contributed by atoms with Gasteiger partial charge in [0.2, 0.25) is 16.1 Å². The molecule has 2 aliphatic heterocycles. The number of cyclic esters (lactones) is 1. The van der Waals surface area contributed by atoms with E-state index in [9.17, 15) is 18.0 Å². The first kappa shape index (κ1) is 17.2. The van der Waals surface area contributed by atoms with Crippen LogP contribution >= 0.6 is 11.6 Å². The summed E-state index contributed by atoms with van der Waals surface area (Å²) in [7, 11) is -3.67. The van der Waals surface area contributed by atoms with Crippen molar-refractivity contribution in [1.82, 2.24) is 4.31 Å². The normalized spacial score (nSPS) is 21.7. The topological polar surface area (TPSA) is 90.0 Å². The highest BCUT2D eigenvalue weighted by atomic mass is 35.5. The SMILES string of the molecule is O=C(O[C@@H]1CCOC1=O)c1cc(S(=O)(=O)N2CCCC2)ccc1Cl. The summed E-state index contributed by atoms with van der Waals surface area (Å²) in [4.78, 5) is 23.6. The number of ether oxygens (including phenoxy) is 2. The average molecular weight is 374 g/mol. The third-order valence-corrected chi connectivity index (χ3v) is 6.22. The molecule has 0 saturated carbocycles. The highest BCUT2D eigenvalue weighted by molar-refractivity contribution is 7.89. The van der Waals surface area contributed by atoms with Crippen molar-refractivity contribution < 1.29 is 27.5 Å². The zero-order valence-corrected chi connectivity index (χ0v) is 14.3. The first-order chi connectivity index (χ1) is 11.4. The van der Waals surface area contributed by atoms with E-state index >= 15 is 0 Å². The van der Waals surface area contributed by atoms with Crippen LogP contribution in [-0.4, -0.2) is 50.5 Å². The quantitative estimate of drug-likeness (QED) is 0.744. The van der Waals surface area contributed by atoms with E-state index in [-0.39, 0.29) is 28.5 Å². The molecular formula is C15H16ClNO6S. The third-order valence-electron chi connectivity index (χ3n) is 4.00. The van der Waals surface area contributed by atoms with Gasteiger partial charge >= 0.3 is 11.9 Å². The van der Waals surface area contributed by atoms with Crippen molar-refractivity contribution >= 4 is 33.6 Å². The number of carbonyl (C=O) groups is 2. The first-order valence-corrected chi connectivity index (χ1v) is 9.39. The van der Waals surface area contributed by atoms with Crippen molar-refractivity contribution in [3.63, 3.8) is 0 Å². The van der Waals surface area contributed by atoms with Crippen LogP contribution in [0.2, 0.25) is 5.02 Å². The summed E-state index contributed by atoms with van der Waals surface area (Å²) in [6.07, 6.45) is 0.915. The van der Waals surface area contributed by atoms with E-state index in [2.05, 4.69) is 0 Å². The van der Waals surface area contributed by atoms with Gasteiger partial charge in [0.1, 0.15) is 0 Å². The second kappa shape index (κ2) is 6.70. The molecular weight excluding hydrogens is 358 g/mol. The number of halogens is 1. The number of hydrogen-bond donors (Lipinski definition) is 0. The van der Waals surface area contributed by atoms with Crippen molar-refractivity contribution in [3.05, 3.63) is 28.8 Å². The summed E-state index contributed by atoms with van der Waals surface area (Å²) >= 11 is 6.00. The van der Waals surface area contributed by atoms with Crippen molar-refractivity contribution in [2.45, 2.75) is 30.3 Å². The second-order valence-corrected chi connectivity index (χ2v) is 7.95. The van der Waals surface area contributed by atoms with Gasteiger partial charge in [-0.2, -0.15) is 4.31 Å². The third kappa shape index (κ3) is 3.26. The van der Waals surface area contributed by atoms with Crippen molar-refractivity contribution in [2.75, 3.05) is 19.7 Å². The van der Waals surface area contributed by atoms with Gasteiger partial charge in [-0.1, -0.05) is 11.6 Å². The number of benzene rings is 1. The summed E-state index contributed by atoms with van der Waals surface area (Å²) in [6.45, 7) is 1.10. The van der Waals surface area contributed by atoms with Gasteiger partial charge in [-0.3, -0.25) is 0 Å². The largest absolute Gasteiger partial charge is 0.463 e. The van der Waals surface area contributed by atoms with Crippen molar-refractivity contribution in [3.8, 4) is 0 Å². The van der Waals surface area contributed by atoms with Crippen LogP contribution in [0.4, 0.5) is 0 Å². The van der Waals surface area contributed by atoms with E-state index in [0.29, 0.717) is 13.1 Å². The maximum absolute atomic E-state index is 12.6. The number of esters is 2. The van der Waals surface area contributed by atoms with Gasteiger partial charge in [-0.15, -0.1) is 0 Å². The second-order valence-electron chi connectivity index (χ2n) is 5.60. The Hall–Kier alpha value is -1.64. The molecule has 2 aliphatic rings. The molecule has 0 aliphatic carbocycles.